The Balaban J connectivity index is 1.77. The highest BCUT2D eigenvalue weighted by atomic mass is 32.2. The van der Waals surface area contributed by atoms with Crippen LogP contribution in [0.15, 0.2) is 83.8 Å². The average Bonchev–Trinajstić information content (AvgIpc) is 2.79. The third-order valence-electron chi connectivity index (χ3n) is 4.32. The van der Waals surface area contributed by atoms with Crippen LogP contribution in [0.25, 0.3) is 0 Å². The first kappa shape index (κ1) is 22.8. The molecule has 0 radical (unpaired) electrons. The van der Waals surface area contributed by atoms with Crippen LogP contribution in [0.3, 0.4) is 0 Å². The summed E-state index contributed by atoms with van der Waals surface area (Å²) in [7, 11) is -4.01. The van der Waals surface area contributed by atoms with Crippen molar-refractivity contribution in [3.63, 3.8) is 0 Å². The molecule has 9 nitrogen and oxygen atoms in total. The van der Waals surface area contributed by atoms with Crippen molar-refractivity contribution in [3.05, 3.63) is 84.4 Å². The van der Waals surface area contributed by atoms with Crippen LogP contribution in [0.1, 0.15) is 10.4 Å². The minimum atomic E-state index is -4.01. The summed E-state index contributed by atoms with van der Waals surface area (Å²) in [6, 6.07) is 18.9. The zero-order valence-electron chi connectivity index (χ0n) is 16.6. The van der Waals surface area contributed by atoms with Gasteiger partial charge in [-0.05, 0) is 48.5 Å². The summed E-state index contributed by atoms with van der Waals surface area (Å²) in [6.45, 7) is -0.776. The maximum atomic E-state index is 12.8. The number of sulfonamides is 1. The second-order valence-electron chi connectivity index (χ2n) is 6.59. The van der Waals surface area contributed by atoms with Crippen molar-refractivity contribution >= 4 is 27.6 Å². The predicted octanol–water partition coefficient (Wildman–Crippen LogP) is 2.46. The summed E-state index contributed by atoms with van der Waals surface area (Å²) in [4.78, 5) is 22.9. The molecule has 1 atom stereocenters. The Morgan fingerprint density at radius 1 is 0.906 bits per heavy atom. The number of amides is 1. The number of carboxylic acid groups (broad SMARTS) is 1. The number of anilines is 1. The number of rotatable bonds is 9. The number of para-hydroxylation sites is 3. The van der Waals surface area contributed by atoms with Gasteiger partial charge in [-0.3, -0.25) is 9.52 Å². The molecule has 0 saturated heterocycles. The van der Waals surface area contributed by atoms with E-state index in [-0.39, 0.29) is 16.1 Å². The molecule has 0 unspecified atom stereocenters. The summed E-state index contributed by atoms with van der Waals surface area (Å²) in [6.07, 6.45) is 0. The summed E-state index contributed by atoms with van der Waals surface area (Å²) in [5, 5.41) is 20.0. The molecule has 3 rings (SSSR count). The SMILES string of the molecule is O=C(N[C@H](CO)C(=O)O)c1ccc(S(=O)(=O)Nc2ccccc2Oc2ccccc2)cc1. The van der Waals surface area contributed by atoms with Gasteiger partial charge in [-0.2, -0.15) is 0 Å². The molecule has 0 heterocycles. The first-order valence-corrected chi connectivity index (χ1v) is 10.9. The van der Waals surface area contributed by atoms with Gasteiger partial charge in [-0.25, -0.2) is 13.2 Å². The molecule has 10 heteroatoms. The van der Waals surface area contributed by atoms with Crippen LogP contribution in [-0.4, -0.2) is 43.2 Å². The molecule has 0 spiro atoms. The summed E-state index contributed by atoms with van der Waals surface area (Å²) < 4.78 is 33.9. The predicted molar refractivity (Wildman–Crippen MR) is 116 cm³/mol. The van der Waals surface area contributed by atoms with Crippen LogP contribution in [0.2, 0.25) is 0 Å². The molecule has 0 aliphatic carbocycles. The second kappa shape index (κ2) is 9.94. The van der Waals surface area contributed by atoms with Crippen LogP contribution in [0.5, 0.6) is 11.5 Å². The maximum absolute atomic E-state index is 12.8. The number of benzene rings is 3. The molecule has 1 amide bonds. The standard InChI is InChI=1S/C22H20N2O7S/c25-14-19(22(27)28)23-21(26)15-10-12-17(13-11-15)32(29,30)24-18-8-4-5-9-20(18)31-16-6-2-1-3-7-16/h1-13,19,24-25H,14H2,(H,23,26)(H,27,28)/t19-/m1/s1. The van der Waals surface area contributed by atoms with E-state index in [0.717, 1.165) is 0 Å². The molecule has 4 N–H and O–H groups in total. The number of hydrogen-bond donors (Lipinski definition) is 4. The van der Waals surface area contributed by atoms with E-state index in [1.54, 1.807) is 48.5 Å². The Kier molecular flexibility index (Phi) is 7.08. The lowest BCUT2D eigenvalue weighted by Crippen LogP contribution is -2.43. The summed E-state index contributed by atoms with van der Waals surface area (Å²) in [5.41, 5.74) is 0.266. The smallest absolute Gasteiger partial charge is 0.328 e. The monoisotopic (exact) mass is 456 g/mol. The van der Waals surface area contributed by atoms with Crippen LogP contribution in [0, 0.1) is 0 Å². The van der Waals surface area contributed by atoms with Crippen LogP contribution >= 0.6 is 0 Å². The van der Waals surface area contributed by atoms with Crippen LogP contribution in [0.4, 0.5) is 5.69 Å². The highest BCUT2D eigenvalue weighted by Crippen LogP contribution is 2.30. The molecular weight excluding hydrogens is 436 g/mol. The molecule has 0 bridgehead atoms. The van der Waals surface area contributed by atoms with Crippen molar-refractivity contribution in [1.29, 1.82) is 0 Å². The van der Waals surface area contributed by atoms with E-state index in [4.69, 9.17) is 14.9 Å². The van der Waals surface area contributed by atoms with Gasteiger partial charge in [0.2, 0.25) is 0 Å². The number of ether oxygens (including phenoxy) is 1. The van der Waals surface area contributed by atoms with Crippen LogP contribution in [-0.2, 0) is 14.8 Å². The molecule has 0 saturated carbocycles. The number of aliphatic hydroxyl groups is 1. The van der Waals surface area contributed by atoms with Gasteiger partial charge in [0, 0.05) is 5.56 Å². The fraction of sp³-hybridized carbons (Fsp3) is 0.0909. The van der Waals surface area contributed by atoms with Crippen molar-refractivity contribution in [2.75, 3.05) is 11.3 Å². The van der Waals surface area contributed by atoms with Gasteiger partial charge in [-0.1, -0.05) is 30.3 Å². The summed E-state index contributed by atoms with van der Waals surface area (Å²) in [5.74, 6) is -1.30. The van der Waals surface area contributed by atoms with Crippen molar-refractivity contribution in [2.45, 2.75) is 10.9 Å². The van der Waals surface area contributed by atoms with E-state index in [2.05, 4.69) is 10.0 Å². The zero-order valence-corrected chi connectivity index (χ0v) is 17.5. The lowest BCUT2D eigenvalue weighted by Gasteiger charge is -2.14. The molecule has 0 aliphatic rings. The Bertz CT molecular complexity index is 1200. The van der Waals surface area contributed by atoms with Gasteiger partial charge >= 0.3 is 5.97 Å². The highest BCUT2D eigenvalue weighted by Gasteiger charge is 2.21. The van der Waals surface area contributed by atoms with Gasteiger partial charge in [0.15, 0.2) is 11.8 Å². The highest BCUT2D eigenvalue weighted by molar-refractivity contribution is 7.92. The van der Waals surface area contributed by atoms with E-state index in [9.17, 15) is 18.0 Å². The quantitative estimate of drug-likeness (QED) is 0.387. The van der Waals surface area contributed by atoms with Crippen molar-refractivity contribution in [2.24, 2.45) is 0 Å². The first-order valence-electron chi connectivity index (χ1n) is 9.39. The van der Waals surface area contributed by atoms with E-state index < -0.39 is 34.5 Å². The van der Waals surface area contributed by atoms with Crippen molar-refractivity contribution < 1.29 is 33.0 Å². The van der Waals surface area contributed by atoms with Gasteiger partial charge in [0.25, 0.3) is 15.9 Å². The Morgan fingerprint density at radius 3 is 2.16 bits per heavy atom. The molecule has 32 heavy (non-hydrogen) atoms. The minimum absolute atomic E-state index is 0.0384. The van der Waals surface area contributed by atoms with E-state index in [0.29, 0.717) is 11.5 Å². The third kappa shape index (κ3) is 5.62. The number of carboxylic acids is 1. The average molecular weight is 456 g/mol. The van der Waals surface area contributed by atoms with Crippen molar-refractivity contribution in [1.82, 2.24) is 5.32 Å². The fourth-order valence-corrected chi connectivity index (χ4v) is 3.74. The molecule has 0 aliphatic heterocycles. The molecule has 0 aromatic heterocycles. The van der Waals surface area contributed by atoms with Crippen molar-refractivity contribution in [3.8, 4) is 11.5 Å². The number of nitrogens with one attached hydrogen (secondary N) is 2. The fourth-order valence-electron chi connectivity index (χ4n) is 2.67. The van der Waals surface area contributed by atoms with Crippen LogP contribution < -0.4 is 14.8 Å². The third-order valence-corrected chi connectivity index (χ3v) is 5.70. The number of carbonyl (C=O) groups excluding carboxylic acids is 1. The molecule has 0 fully saturated rings. The number of carbonyl (C=O) groups is 2. The largest absolute Gasteiger partial charge is 0.480 e. The Labute approximate surface area is 184 Å². The van der Waals surface area contributed by atoms with Gasteiger partial charge in [-0.15, -0.1) is 0 Å². The van der Waals surface area contributed by atoms with Gasteiger partial charge in [0.05, 0.1) is 17.2 Å². The lowest BCUT2D eigenvalue weighted by atomic mass is 10.2. The molecular formula is C22H20N2O7S. The number of aliphatic hydroxyl groups excluding tert-OH is 1. The topological polar surface area (TPSA) is 142 Å². The summed E-state index contributed by atoms with van der Waals surface area (Å²) >= 11 is 0. The minimum Gasteiger partial charge on any atom is -0.480 e. The Morgan fingerprint density at radius 2 is 1.53 bits per heavy atom. The van der Waals surface area contributed by atoms with E-state index in [1.807, 2.05) is 6.07 Å². The zero-order chi connectivity index (χ0) is 23.1. The normalized spacial score (nSPS) is 11.9. The maximum Gasteiger partial charge on any atom is 0.328 e. The first-order chi connectivity index (χ1) is 15.3. The molecule has 3 aromatic rings. The lowest BCUT2D eigenvalue weighted by molar-refractivity contribution is -0.140. The number of aliphatic carboxylic acids is 1. The Hall–Kier alpha value is -3.89. The van der Waals surface area contributed by atoms with Gasteiger partial charge in [0.1, 0.15) is 5.75 Å². The molecule has 166 valence electrons. The van der Waals surface area contributed by atoms with Gasteiger partial charge < -0.3 is 20.3 Å². The van der Waals surface area contributed by atoms with E-state index in [1.165, 1.54) is 24.3 Å². The molecule has 3 aromatic carbocycles. The second-order valence-corrected chi connectivity index (χ2v) is 8.27. The number of hydrogen-bond acceptors (Lipinski definition) is 6. The van der Waals surface area contributed by atoms with E-state index >= 15 is 0 Å².